The predicted octanol–water partition coefficient (Wildman–Crippen LogP) is 11.2. The Balaban J connectivity index is 0.00000131. The van der Waals surface area contributed by atoms with Crippen LogP contribution in [-0.4, -0.2) is 146 Å². The van der Waals surface area contributed by atoms with Gasteiger partial charge < -0.3 is 62.0 Å². The summed E-state index contributed by atoms with van der Waals surface area (Å²) >= 11 is 0. The molecule has 4 amide bonds. The molecule has 4 aromatic rings. The van der Waals surface area contributed by atoms with E-state index in [1.165, 1.54) is 0 Å². The molecule has 5 rings (SSSR count). The van der Waals surface area contributed by atoms with E-state index in [-0.39, 0.29) is 18.7 Å². The molecule has 3 N–H and O–H groups in total. The molecule has 0 saturated heterocycles. The van der Waals surface area contributed by atoms with E-state index in [2.05, 4.69) is 50.4 Å². The summed E-state index contributed by atoms with van der Waals surface area (Å²) in [6.45, 7) is 18.1. The van der Waals surface area contributed by atoms with Gasteiger partial charge in [0.05, 0.1) is 36.4 Å². The molecule has 0 unspecified atom stereocenters. The number of nitrogens with zero attached hydrogens (tertiary/aromatic N) is 4. The third-order valence-electron chi connectivity index (χ3n) is 11.3. The van der Waals surface area contributed by atoms with Crippen molar-refractivity contribution in [3.05, 3.63) is 54.6 Å². The molecule has 0 spiro atoms. The number of aliphatic hydroxyl groups is 1. The number of carbonyl (C=O) groups is 2. The van der Waals surface area contributed by atoms with Crippen molar-refractivity contribution >= 4 is 71.1 Å². The van der Waals surface area contributed by atoms with Crippen LogP contribution in [0.1, 0.15) is 67.2 Å². The van der Waals surface area contributed by atoms with Gasteiger partial charge in [-0.25, -0.2) is 9.59 Å². The molecule has 0 aliphatic carbocycles. The van der Waals surface area contributed by atoms with Crippen LogP contribution in [0.2, 0.25) is 12.1 Å². The van der Waals surface area contributed by atoms with E-state index in [4.69, 9.17) is 36.7 Å². The Hall–Kier alpha value is -4.53. The van der Waals surface area contributed by atoms with E-state index in [0.29, 0.717) is 91.2 Å². The Kier molecular flexibility index (Phi) is 25.1. The van der Waals surface area contributed by atoms with Crippen LogP contribution >= 0.6 is 7.81 Å². The van der Waals surface area contributed by atoms with Gasteiger partial charge in [0, 0.05) is 122 Å². The van der Waals surface area contributed by atoms with Crippen LogP contribution in [0.5, 0.6) is 11.5 Å². The number of aromatic nitrogens is 1. The molecule has 2 heterocycles. The SMILES string of the molecule is CCO.CCO[Si](CCCNC(=O)N(C)CCCN1c2cccc(OC)c2-c2c3c(OC)cccc3[n+](CCCN(C)C(=O)NCCC[Si](OCC)(OCC)OCC)c3cccc1c23)OCC.F[P-](F)(F)(F)(F)F. The number of benzene rings is 3. The van der Waals surface area contributed by atoms with Crippen molar-refractivity contribution in [1.29, 1.82) is 0 Å². The van der Waals surface area contributed by atoms with Crippen LogP contribution in [0, 0.1) is 0 Å². The number of aryl methyl sites for hydroxylation is 1. The van der Waals surface area contributed by atoms with Crippen molar-refractivity contribution < 1.29 is 76.0 Å². The molecule has 16 nitrogen and oxygen atoms in total. The zero-order valence-electron chi connectivity index (χ0n) is 44.5. The number of fused-ring (bicyclic) bond motifs is 4. The first-order valence-corrected chi connectivity index (χ1v) is 30.6. The molecule has 1 radical (unpaired) electrons. The van der Waals surface area contributed by atoms with Gasteiger partial charge >= 0.3 is 63.1 Å². The molecule has 1 aliphatic heterocycles. The number of urea groups is 2. The monoisotopic (exact) mass is 1110 g/mol. The average molecular weight is 1110 g/mol. The number of amides is 4. The molecule has 74 heavy (non-hydrogen) atoms. The van der Waals surface area contributed by atoms with Crippen LogP contribution in [0.4, 0.5) is 46.1 Å². The second-order valence-electron chi connectivity index (χ2n) is 16.8. The molecular weight excluding hydrogens is 1030 g/mol. The Morgan fingerprint density at radius 2 is 1.14 bits per heavy atom. The number of hydrogen-bond donors (Lipinski definition) is 3. The molecule has 1 aliphatic rings. The molecule has 25 heteroatoms. The van der Waals surface area contributed by atoms with E-state index in [0.717, 1.165) is 74.7 Å². The first-order valence-electron chi connectivity index (χ1n) is 25.1. The number of pyridine rings is 1. The van der Waals surface area contributed by atoms with E-state index >= 15 is 0 Å². The number of nitrogens with one attached hydrogen (secondary N) is 2. The Morgan fingerprint density at radius 1 is 0.662 bits per heavy atom. The number of rotatable bonds is 28. The second kappa shape index (κ2) is 29.1. The maximum absolute atomic E-state index is 13.3. The zero-order valence-corrected chi connectivity index (χ0v) is 47.4. The van der Waals surface area contributed by atoms with Gasteiger partial charge in [0.25, 0.3) is 0 Å². The Labute approximate surface area is 434 Å². The fourth-order valence-electron chi connectivity index (χ4n) is 8.52. The van der Waals surface area contributed by atoms with Gasteiger partial charge in [-0.05, 0) is 91.1 Å². The van der Waals surface area contributed by atoms with Crippen molar-refractivity contribution in [2.24, 2.45) is 0 Å². The van der Waals surface area contributed by atoms with Gasteiger partial charge in [-0.3, -0.25) is 0 Å². The molecule has 1 aromatic heterocycles. The standard InChI is InChI=1S/C47H71N6O9Si2.C2H6O.F6P/c1-10-58-63(59-11-2)34-18-28-48-46(54)50(6)30-20-32-52-36-22-15-23-37-42(36)45(43-38(52)24-16-26-40(43)56-8)44-39(25-17-27-41(44)57-9)53(37)33-21-31-51(7)47(55)49-29-19-35-64(60-12-3,61-13-4)62-14-5;1-2-3;1-7(2,3,4,5)6/h15-17,22-27H,10-14,18-21,28-35H2,1-9H3,(H-,48,49,54,55);3H,2H2,1H3;/q;;-1/p+1. The zero-order chi connectivity index (χ0) is 55.2. The molecule has 0 saturated carbocycles. The summed E-state index contributed by atoms with van der Waals surface area (Å²) in [5.74, 6) is 1.54. The Bertz CT molecular complexity index is 2370. The van der Waals surface area contributed by atoms with Gasteiger partial charge in [-0.15, -0.1) is 0 Å². The maximum atomic E-state index is 13.3. The van der Waals surface area contributed by atoms with Gasteiger partial charge in [-0.2, -0.15) is 4.57 Å². The third kappa shape index (κ3) is 19.9. The minimum absolute atomic E-state index is 0.0948. The number of ether oxygens (including phenoxy) is 2. The van der Waals surface area contributed by atoms with Crippen molar-refractivity contribution in [3.8, 4) is 22.6 Å². The number of anilines is 2. The summed E-state index contributed by atoms with van der Waals surface area (Å²) in [6, 6.07) is 20.1. The number of aliphatic hydroxyl groups excluding tert-OH is 1. The normalized spacial score (nSPS) is 13.0. The first-order chi connectivity index (χ1) is 35.0. The van der Waals surface area contributed by atoms with Crippen LogP contribution in [0.25, 0.3) is 32.9 Å². The first kappa shape index (κ1) is 63.8. The molecule has 0 bridgehead atoms. The van der Waals surface area contributed by atoms with Crippen LogP contribution in [-0.2, 0) is 28.7 Å². The van der Waals surface area contributed by atoms with E-state index in [9.17, 15) is 34.8 Å². The molecule has 0 fully saturated rings. The van der Waals surface area contributed by atoms with Crippen LogP contribution in [0.3, 0.4) is 0 Å². The topological polar surface area (TPSA) is 157 Å². The molecule has 0 atom stereocenters. The van der Waals surface area contributed by atoms with Crippen molar-refractivity contribution in [2.45, 2.75) is 85.9 Å². The van der Waals surface area contributed by atoms with Crippen molar-refractivity contribution in [1.82, 2.24) is 20.4 Å². The predicted molar refractivity (Wildman–Crippen MR) is 283 cm³/mol. The van der Waals surface area contributed by atoms with Gasteiger partial charge in [0.15, 0.2) is 6.54 Å². The molecule has 3 aromatic carbocycles. The van der Waals surface area contributed by atoms with E-state index in [1.807, 2.05) is 73.0 Å². The number of halogens is 6. The number of hydrogen-bond acceptors (Lipinski definition) is 11. The summed E-state index contributed by atoms with van der Waals surface area (Å²) < 4.78 is 103. The van der Waals surface area contributed by atoms with Crippen LogP contribution < -0.4 is 29.6 Å². The van der Waals surface area contributed by atoms with Crippen molar-refractivity contribution in [2.75, 3.05) is 106 Å². The second-order valence-corrected chi connectivity index (χ2v) is 23.2. The van der Waals surface area contributed by atoms with Crippen molar-refractivity contribution in [3.63, 3.8) is 0 Å². The molecular formula is C49H78F6N6O10PSi2. The quantitative estimate of drug-likeness (QED) is 0.0124. The fourth-order valence-corrected chi connectivity index (χ4v) is 12.6. The van der Waals surface area contributed by atoms with Crippen LogP contribution in [0.15, 0.2) is 54.6 Å². The van der Waals surface area contributed by atoms with E-state index < -0.39 is 25.9 Å². The van der Waals surface area contributed by atoms with Gasteiger partial charge in [0.1, 0.15) is 11.5 Å². The minimum atomic E-state index is -10.7. The third-order valence-corrected chi connectivity index (χ3v) is 16.4. The number of methoxy groups -OCH3 is 2. The summed E-state index contributed by atoms with van der Waals surface area (Å²) in [4.78, 5) is 32.3. The van der Waals surface area contributed by atoms with Gasteiger partial charge in [-0.1, -0.05) is 18.2 Å². The molecule has 419 valence electrons. The fraction of sp³-hybridized carbons (Fsp3) is 0.571. The summed E-state index contributed by atoms with van der Waals surface area (Å²) in [5.41, 5.74) is 6.28. The summed E-state index contributed by atoms with van der Waals surface area (Å²) in [7, 11) is -7.63. The van der Waals surface area contributed by atoms with Gasteiger partial charge in [0.2, 0.25) is 11.0 Å². The number of carbonyl (C=O) groups excluding carboxylic acids is 2. The Morgan fingerprint density at radius 3 is 1.66 bits per heavy atom. The van der Waals surface area contributed by atoms with E-state index in [1.54, 1.807) is 30.9 Å². The average Bonchev–Trinajstić information content (AvgIpc) is 3.34. The summed E-state index contributed by atoms with van der Waals surface area (Å²) in [6.07, 6.45) is 2.94. The summed E-state index contributed by atoms with van der Waals surface area (Å²) in [5, 5.41) is 15.8.